The van der Waals surface area contributed by atoms with Gasteiger partial charge < -0.3 is 10.3 Å². The second-order valence-electron chi connectivity index (χ2n) is 7.56. The summed E-state index contributed by atoms with van der Waals surface area (Å²) in [6.07, 6.45) is 6.10. The van der Waals surface area contributed by atoms with Crippen molar-refractivity contribution in [2.75, 3.05) is 0 Å². The van der Waals surface area contributed by atoms with Gasteiger partial charge in [0, 0.05) is 42.1 Å². The maximum atomic E-state index is 14.5. The molecule has 4 heterocycles. The highest BCUT2D eigenvalue weighted by Gasteiger charge is 2.17. The third-order valence-corrected chi connectivity index (χ3v) is 5.73. The van der Waals surface area contributed by atoms with Crippen molar-refractivity contribution in [1.29, 1.82) is 5.26 Å². The molecule has 0 aliphatic rings. The van der Waals surface area contributed by atoms with E-state index in [1.807, 2.05) is 12.1 Å². The van der Waals surface area contributed by atoms with Gasteiger partial charge in [0.2, 0.25) is 0 Å². The van der Waals surface area contributed by atoms with Gasteiger partial charge in [-0.25, -0.2) is 9.37 Å². The van der Waals surface area contributed by atoms with E-state index < -0.39 is 11.7 Å². The monoisotopic (exact) mass is 493 g/mol. The number of carbonyl (C=O) groups is 1. The minimum atomic E-state index is -0.497. The number of fused-ring (bicyclic) bond motifs is 2. The minimum Gasteiger partial charge on any atom is -0.348 e. The number of nitrogens with zero attached hydrogens (tertiary/aromatic N) is 5. The molecule has 0 aliphatic heterocycles. The van der Waals surface area contributed by atoms with Crippen molar-refractivity contribution in [2.45, 2.75) is 13.1 Å². The van der Waals surface area contributed by atoms with E-state index in [1.54, 1.807) is 24.5 Å². The minimum absolute atomic E-state index is 0.0364. The smallest absolute Gasteiger partial charge is 0.256 e. The van der Waals surface area contributed by atoms with Gasteiger partial charge in [0.05, 0.1) is 22.2 Å². The van der Waals surface area contributed by atoms with Gasteiger partial charge in [-0.05, 0) is 35.4 Å². The van der Waals surface area contributed by atoms with E-state index in [0.29, 0.717) is 26.6 Å². The van der Waals surface area contributed by atoms with Crippen LogP contribution in [0.15, 0.2) is 49.1 Å². The molecule has 0 bridgehead atoms. The number of pyridine rings is 2. The number of benzene rings is 1. The van der Waals surface area contributed by atoms with Gasteiger partial charge in [0.15, 0.2) is 5.69 Å². The Morgan fingerprint density at radius 1 is 1.18 bits per heavy atom. The van der Waals surface area contributed by atoms with Crippen molar-refractivity contribution in [3.63, 3.8) is 0 Å². The molecule has 0 saturated carbocycles. The van der Waals surface area contributed by atoms with E-state index in [1.165, 1.54) is 23.1 Å². The second-order valence-corrected chi connectivity index (χ2v) is 8.41. The zero-order chi connectivity index (χ0) is 23.8. The van der Waals surface area contributed by atoms with Crippen LogP contribution in [0.4, 0.5) is 4.39 Å². The van der Waals surface area contributed by atoms with E-state index in [0.717, 1.165) is 10.9 Å². The van der Waals surface area contributed by atoms with Gasteiger partial charge in [-0.3, -0.25) is 14.5 Å². The summed E-state index contributed by atoms with van der Waals surface area (Å²) in [5.41, 5.74) is 2.26. The van der Waals surface area contributed by atoms with E-state index in [9.17, 15) is 14.4 Å². The fourth-order valence-electron chi connectivity index (χ4n) is 3.66. The normalized spacial score (nSPS) is 11.1. The molecule has 0 spiro atoms. The summed E-state index contributed by atoms with van der Waals surface area (Å²) in [5, 5.41) is 18.6. The number of H-pyrrole nitrogens is 1. The number of hydrogen-bond acceptors (Lipinski definition) is 5. The Morgan fingerprint density at radius 2 is 2.03 bits per heavy atom. The van der Waals surface area contributed by atoms with Crippen LogP contribution in [0, 0.1) is 17.1 Å². The van der Waals surface area contributed by atoms with Gasteiger partial charge in [0.1, 0.15) is 23.1 Å². The molecule has 168 valence electrons. The molecule has 8 nitrogen and oxygen atoms in total. The molecule has 1 aromatic carbocycles. The number of halogens is 3. The van der Waals surface area contributed by atoms with Crippen molar-refractivity contribution in [3.8, 4) is 6.07 Å². The van der Waals surface area contributed by atoms with Crippen molar-refractivity contribution >= 4 is 51.0 Å². The number of rotatable bonds is 5. The SMILES string of the molecule is N#Cc1nn(Cc2cc(F)c3ncc(Cl)cc3c2)cc1C(=O)NCc1cnc2[nH]cc(Cl)c2c1. The van der Waals surface area contributed by atoms with Crippen LogP contribution in [0.2, 0.25) is 10.0 Å². The molecule has 0 atom stereocenters. The Labute approximate surface area is 202 Å². The quantitative estimate of drug-likeness (QED) is 0.371. The standard InChI is InChI=1S/C23H14Cl2FN7O/c24-15-4-14-1-12(3-19(26)21(14)28-8-15)10-33-11-17(20(5-27)32-33)23(34)31-7-13-2-16-18(25)9-30-22(16)29-6-13/h1-4,6,8-9,11H,7,10H2,(H,29,30)(H,31,34). The zero-order valence-electron chi connectivity index (χ0n) is 17.3. The molecule has 0 unspecified atom stereocenters. The van der Waals surface area contributed by atoms with Crippen molar-refractivity contribution in [2.24, 2.45) is 0 Å². The molecule has 5 aromatic rings. The van der Waals surface area contributed by atoms with E-state index in [-0.39, 0.29) is 29.9 Å². The Hall–Kier alpha value is -4.00. The van der Waals surface area contributed by atoms with Crippen molar-refractivity contribution in [1.82, 2.24) is 30.0 Å². The maximum absolute atomic E-state index is 14.5. The number of nitriles is 1. The summed E-state index contributed by atoms with van der Waals surface area (Å²) in [6.45, 7) is 0.330. The second kappa shape index (κ2) is 8.74. The van der Waals surface area contributed by atoms with Gasteiger partial charge in [-0.2, -0.15) is 10.4 Å². The predicted octanol–water partition coefficient (Wildman–Crippen LogP) is 4.60. The molecule has 0 aliphatic carbocycles. The molecule has 4 aromatic heterocycles. The summed E-state index contributed by atoms with van der Waals surface area (Å²) >= 11 is 12.1. The molecule has 1 amide bonds. The average molecular weight is 494 g/mol. The summed E-state index contributed by atoms with van der Waals surface area (Å²) in [7, 11) is 0. The van der Waals surface area contributed by atoms with Gasteiger partial charge >= 0.3 is 0 Å². The first-order valence-corrected chi connectivity index (χ1v) is 10.8. The molecule has 0 radical (unpaired) electrons. The summed E-state index contributed by atoms with van der Waals surface area (Å²) in [5.74, 6) is -0.966. The highest BCUT2D eigenvalue weighted by molar-refractivity contribution is 6.35. The Bertz CT molecular complexity index is 1620. The van der Waals surface area contributed by atoms with Crippen LogP contribution < -0.4 is 5.32 Å². The van der Waals surface area contributed by atoms with Crippen molar-refractivity contribution < 1.29 is 9.18 Å². The third kappa shape index (κ3) is 4.17. The third-order valence-electron chi connectivity index (χ3n) is 5.21. The summed E-state index contributed by atoms with van der Waals surface area (Å²) < 4.78 is 15.9. The fourth-order valence-corrected chi connectivity index (χ4v) is 4.02. The average Bonchev–Trinajstić information content (AvgIpc) is 3.40. The lowest BCUT2D eigenvalue weighted by Gasteiger charge is -2.06. The topological polar surface area (TPSA) is 112 Å². The molecular weight excluding hydrogens is 480 g/mol. The number of aromatic nitrogens is 5. The van der Waals surface area contributed by atoms with Gasteiger partial charge in [-0.1, -0.05) is 23.2 Å². The molecule has 34 heavy (non-hydrogen) atoms. The molecule has 0 saturated heterocycles. The lowest BCUT2D eigenvalue weighted by Crippen LogP contribution is -2.23. The van der Waals surface area contributed by atoms with Crippen molar-refractivity contribution in [3.05, 3.63) is 87.3 Å². The first kappa shape index (κ1) is 21.8. The molecule has 2 N–H and O–H groups in total. The lowest BCUT2D eigenvalue weighted by atomic mass is 10.1. The highest BCUT2D eigenvalue weighted by Crippen LogP contribution is 2.23. The number of nitrogens with one attached hydrogen (secondary N) is 2. The number of carbonyl (C=O) groups excluding carboxylic acids is 1. The molecular formula is C23H14Cl2FN7O. The maximum Gasteiger partial charge on any atom is 0.256 e. The van der Waals surface area contributed by atoms with Crippen LogP contribution in [0.25, 0.3) is 21.9 Å². The first-order chi connectivity index (χ1) is 16.4. The number of hydrogen-bond donors (Lipinski definition) is 2. The highest BCUT2D eigenvalue weighted by atomic mass is 35.5. The summed E-state index contributed by atoms with van der Waals surface area (Å²) in [4.78, 5) is 24.0. The van der Waals surface area contributed by atoms with Gasteiger partial charge in [-0.15, -0.1) is 0 Å². The van der Waals surface area contributed by atoms with E-state index >= 15 is 0 Å². The van der Waals surface area contributed by atoms with Gasteiger partial charge in [0.25, 0.3) is 5.91 Å². The lowest BCUT2D eigenvalue weighted by molar-refractivity contribution is 0.0950. The van der Waals surface area contributed by atoms with Crippen LogP contribution in [0.5, 0.6) is 0 Å². The van der Waals surface area contributed by atoms with Crippen LogP contribution in [0.3, 0.4) is 0 Å². The van der Waals surface area contributed by atoms with Crippen LogP contribution in [-0.2, 0) is 13.1 Å². The first-order valence-electron chi connectivity index (χ1n) is 10.0. The predicted molar refractivity (Wildman–Crippen MR) is 125 cm³/mol. The largest absolute Gasteiger partial charge is 0.348 e. The van der Waals surface area contributed by atoms with E-state index in [2.05, 4.69) is 25.4 Å². The van der Waals surface area contributed by atoms with Crippen LogP contribution in [-0.4, -0.2) is 30.6 Å². The Kier molecular flexibility index (Phi) is 5.61. The Balaban J connectivity index is 1.35. The number of aromatic amines is 1. The number of amides is 1. The zero-order valence-corrected chi connectivity index (χ0v) is 18.8. The molecule has 0 fully saturated rings. The Morgan fingerprint density at radius 3 is 2.85 bits per heavy atom. The molecule has 5 rings (SSSR count). The van der Waals surface area contributed by atoms with Crippen LogP contribution >= 0.6 is 23.2 Å². The van der Waals surface area contributed by atoms with Crippen LogP contribution in [0.1, 0.15) is 27.2 Å². The van der Waals surface area contributed by atoms with E-state index in [4.69, 9.17) is 23.2 Å². The fraction of sp³-hybridized carbons (Fsp3) is 0.0870. The summed E-state index contributed by atoms with van der Waals surface area (Å²) in [6, 6.07) is 8.45. The molecule has 11 heteroatoms.